The summed E-state index contributed by atoms with van der Waals surface area (Å²) in [4.78, 5) is 19.5. The molecular formula is C24H30N4O. The van der Waals surface area contributed by atoms with E-state index in [1.807, 2.05) is 18.7 Å². The van der Waals surface area contributed by atoms with E-state index in [1.165, 1.54) is 18.4 Å². The summed E-state index contributed by atoms with van der Waals surface area (Å²) >= 11 is 0. The van der Waals surface area contributed by atoms with Crippen LogP contribution in [0.1, 0.15) is 37.7 Å². The average molecular weight is 391 g/mol. The van der Waals surface area contributed by atoms with Gasteiger partial charge in [0, 0.05) is 49.7 Å². The van der Waals surface area contributed by atoms with Crippen molar-refractivity contribution in [2.24, 2.45) is 17.8 Å². The smallest absolute Gasteiger partial charge is 0.223 e. The molecule has 2 unspecified atom stereocenters. The van der Waals surface area contributed by atoms with Gasteiger partial charge in [-0.25, -0.2) is 4.98 Å². The number of nitrogens with one attached hydrogen (secondary N) is 1. The van der Waals surface area contributed by atoms with E-state index in [9.17, 15) is 4.79 Å². The second-order valence-corrected chi connectivity index (χ2v) is 8.95. The molecule has 2 aliphatic carbocycles. The Hall–Kier alpha value is -2.40. The van der Waals surface area contributed by atoms with Crippen molar-refractivity contribution in [3.8, 4) is 5.69 Å². The Kier molecular flexibility index (Phi) is 5.23. The molecule has 1 saturated carbocycles. The van der Waals surface area contributed by atoms with E-state index in [0.717, 1.165) is 44.6 Å². The van der Waals surface area contributed by atoms with Gasteiger partial charge in [0.15, 0.2) is 0 Å². The first-order valence-corrected chi connectivity index (χ1v) is 11.0. The summed E-state index contributed by atoms with van der Waals surface area (Å²) < 4.78 is 2.05. The van der Waals surface area contributed by atoms with Crippen LogP contribution in [-0.4, -0.2) is 39.5 Å². The lowest BCUT2D eigenvalue weighted by Crippen LogP contribution is -2.53. The second-order valence-electron chi connectivity index (χ2n) is 8.95. The summed E-state index contributed by atoms with van der Waals surface area (Å²) in [6.07, 6.45) is 15.4. The molecule has 1 aliphatic heterocycles. The molecule has 4 atom stereocenters. The Balaban J connectivity index is 1.21. The van der Waals surface area contributed by atoms with Crippen molar-refractivity contribution >= 4 is 5.91 Å². The van der Waals surface area contributed by atoms with Gasteiger partial charge in [-0.3, -0.25) is 9.69 Å². The van der Waals surface area contributed by atoms with Gasteiger partial charge < -0.3 is 9.88 Å². The quantitative estimate of drug-likeness (QED) is 0.795. The highest BCUT2D eigenvalue weighted by Crippen LogP contribution is 2.38. The van der Waals surface area contributed by atoms with Gasteiger partial charge in [0.1, 0.15) is 0 Å². The first-order chi connectivity index (χ1) is 14.3. The number of amides is 1. The molecule has 5 heteroatoms. The van der Waals surface area contributed by atoms with Crippen LogP contribution in [0, 0.1) is 17.8 Å². The van der Waals surface area contributed by atoms with Crippen molar-refractivity contribution in [1.29, 1.82) is 0 Å². The normalized spacial score (nSPS) is 29.1. The maximum absolute atomic E-state index is 12.7. The van der Waals surface area contributed by atoms with Crippen LogP contribution in [0.15, 0.2) is 55.1 Å². The highest BCUT2D eigenvalue weighted by atomic mass is 16.2. The first kappa shape index (κ1) is 18.6. The molecule has 2 aromatic rings. The van der Waals surface area contributed by atoms with E-state index in [-0.39, 0.29) is 11.8 Å². The molecule has 2 bridgehead atoms. The molecule has 2 heterocycles. The minimum atomic E-state index is 0.184. The lowest BCUT2D eigenvalue weighted by Gasteiger charge is -2.39. The average Bonchev–Trinajstić information content (AvgIpc) is 3.36. The highest BCUT2D eigenvalue weighted by Gasteiger charge is 2.43. The number of allylic oxidation sites excluding steroid dienone is 2. The maximum atomic E-state index is 12.7. The Morgan fingerprint density at radius 2 is 2.00 bits per heavy atom. The molecule has 0 radical (unpaired) electrons. The van der Waals surface area contributed by atoms with Gasteiger partial charge in [-0.2, -0.15) is 0 Å². The Bertz CT molecular complexity index is 861. The molecule has 1 aromatic carbocycles. The van der Waals surface area contributed by atoms with E-state index < -0.39 is 0 Å². The number of aromatic nitrogens is 2. The highest BCUT2D eigenvalue weighted by molar-refractivity contribution is 5.79. The van der Waals surface area contributed by atoms with Crippen molar-refractivity contribution in [3.63, 3.8) is 0 Å². The molecule has 29 heavy (non-hydrogen) atoms. The van der Waals surface area contributed by atoms with Crippen molar-refractivity contribution in [1.82, 2.24) is 19.8 Å². The minimum absolute atomic E-state index is 0.184. The largest absolute Gasteiger partial charge is 0.352 e. The zero-order valence-corrected chi connectivity index (χ0v) is 16.9. The molecule has 1 aromatic heterocycles. The SMILES string of the molecule is O=C(NC1[C@@H]2CC[C@H]1CN(Cc1cccc(-n3ccnc3)c1)C2)C1CC=CCC1. The molecule has 1 amide bonds. The van der Waals surface area contributed by atoms with Crippen LogP contribution in [0.3, 0.4) is 0 Å². The maximum Gasteiger partial charge on any atom is 0.223 e. The topological polar surface area (TPSA) is 50.2 Å². The molecule has 5 nitrogen and oxygen atoms in total. The number of carbonyl (C=O) groups is 1. The number of carbonyl (C=O) groups excluding carboxylic acids is 1. The summed E-state index contributed by atoms with van der Waals surface area (Å²) in [5, 5.41) is 3.45. The van der Waals surface area contributed by atoms with Crippen molar-refractivity contribution in [3.05, 3.63) is 60.7 Å². The first-order valence-electron chi connectivity index (χ1n) is 11.0. The molecule has 152 valence electrons. The van der Waals surface area contributed by atoms with E-state index >= 15 is 0 Å². The lowest BCUT2D eigenvalue weighted by atomic mass is 9.89. The van der Waals surface area contributed by atoms with Crippen molar-refractivity contribution in [2.75, 3.05) is 13.1 Å². The summed E-state index contributed by atoms with van der Waals surface area (Å²) in [7, 11) is 0. The molecular weight excluding hydrogens is 360 g/mol. The van der Waals surface area contributed by atoms with Crippen LogP contribution >= 0.6 is 0 Å². The predicted octanol–water partition coefficient (Wildman–Crippen LogP) is 3.56. The Morgan fingerprint density at radius 3 is 2.72 bits per heavy atom. The van der Waals surface area contributed by atoms with Crippen LogP contribution in [0.5, 0.6) is 0 Å². The zero-order valence-electron chi connectivity index (χ0n) is 16.9. The molecule has 3 aliphatic rings. The number of nitrogens with zero attached hydrogens (tertiary/aromatic N) is 3. The minimum Gasteiger partial charge on any atom is -0.352 e. The van der Waals surface area contributed by atoms with Gasteiger partial charge in [0.05, 0.1) is 6.33 Å². The lowest BCUT2D eigenvalue weighted by molar-refractivity contribution is -0.127. The van der Waals surface area contributed by atoms with Crippen molar-refractivity contribution < 1.29 is 4.79 Å². The van der Waals surface area contributed by atoms with Gasteiger partial charge in [-0.15, -0.1) is 0 Å². The van der Waals surface area contributed by atoms with Gasteiger partial charge in [0.2, 0.25) is 5.91 Å². The van der Waals surface area contributed by atoms with Crippen LogP contribution in [0.4, 0.5) is 0 Å². The molecule has 2 fully saturated rings. The molecule has 5 rings (SSSR count). The fourth-order valence-corrected chi connectivity index (χ4v) is 5.48. The standard InChI is InChI=1S/C24H30N4O/c29-24(19-6-2-1-3-7-19)26-23-20-9-10-21(23)16-27(15-20)14-18-5-4-8-22(13-18)28-12-11-25-17-28/h1-2,4-5,8,11-13,17,19-21,23H,3,6-7,9-10,14-16H2,(H,26,29)/t19?,20-,21+,23?. The molecule has 1 N–H and O–H groups in total. The van der Waals surface area contributed by atoms with E-state index in [4.69, 9.17) is 0 Å². The monoisotopic (exact) mass is 390 g/mol. The third-order valence-electron chi connectivity index (χ3n) is 6.98. The van der Waals surface area contributed by atoms with E-state index in [1.54, 1.807) is 0 Å². The summed E-state index contributed by atoms with van der Waals surface area (Å²) in [5.74, 6) is 1.66. The summed E-state index contributed by atoms with van der Waals surface area (Å²) in [6.45, 7) is 3.15. The van der Waals surface area contributed by atoms with Gasteiger partial charge in [0.25, 0.3) is 0 Å². The summed E-state index contributed by atoms with van der Waals surface area (Å²) in [5.41, 5.74) is 2.50. The predicted molar refractivity (Wildman–Crippen MR) is 113 cm³/mol. The van der Waals surface area contributed by atoms with E-state index in [0.29, 0.717) is 17.9 Å². The fraction of sp³-hybridized carbons (Fsp3) is 0.500. The number of hydrogen-bond donors (Lipinski definition) is 1. The van der Waals surface area contributed by atoms with Gasteiger partial charge >= 0.3 is 0 Å². The Morgan fingerprint density at radius 1 is 1.14 bits per heavy atom. The number of benzene rings is 1. The fourth-order valence-electron chi connectivity index (χ4n) is 5.48. The number of likely N-dealkylation sites (tertiary alicyclic amines) is 1. The molecule has 1 saturated heterocycles. The number of rotatable bonds is 5. The number of imidazole rings is 1. The third kappa shape index (κ3) is 4.01. The summed E-state index contributed by atoms with van der Waals surface area (Å²) in [6, 6.07) is 9.10. The third-order valence-corrected chi connectivity index (χ3v) is 6.98. The zero-order chi connectivity index (χ0) is 19.6. The van der Waals surface area contributed by atoms with Gasteiger partial charge in [-0.05, 0) is 61.6 Å². The van der Waals surface area contributed by atoms with E-state index in [2.05, 4.69) is 56.2 Å². The van der Waals surface area contributed by atoms with Crippen LogP contribution in [0.2, 0.25) is 0 Å². The second kappa shape index (κ2) is 8.15. The van der Waals surface area contributed by atoms with Crippen LogP contribution in [0.25, 0.3) is 5.69 Å². The Labute approximate surface area is 172 Å². The van der Waals surface area contributed by atoms with Crippen molar-refractivity contribution in [2.45, 2.75) is 44.7 Å². The molecule has 0 spiro atoms. The number of hydrogen-bond acceptors (Lipinski definition) is 3. The van der Waals surface area contributed by atoms with Crippen LogP contribution < -0.4 is 5.32 Å². The van der Waals surface area contributed by atoms with Gasteiger partial charge in [-0.1, -0.05) is 24.3 Å². The number of fused-ring (bicyclic) bond motifs is 2. The van der Waals surface area contributed by atoms with Crippen LogP contribution in [-0.2, 0) is 11.3 Å². The number of piperidine rings is 1.